The molecule has 4 heteroatoms. The molecular formula is C10H11N3O. The van der Waals surface area contributed by atoms with Crippen LogP contribution in [0.2, 0.25) is 0 Å². The molecule has 14 heavy (non-hydrogen) atoms. The fourth-order valence-corrected chi connectivity index (χ4v) is 0.917. The molecule has 0 radical (unpaired) electrons. The molecule has 4 nitrogen and oxygen atoms in total. The topological polar surface area (TPSA) is 58.3 Å². The molecule has 0 amide bonds. The molecule has 0 unspecified atom stereocenters. The largest absolute Gasteiger partial charge is 0.474 e. The highest BCUT2D eigenvalue weighted by atomic mass is 16.5. The Labute approximate surface area is 82.9 Å². The van der Waals surface area contributed by atoms with E-state index in [1.807, 2.05) is 13.8 Å². The third kappa shape index (κ3) is 2.87. The number of ether oxygens (including phenoxy) is 1. The van der Waals surface area contributed by atoms with Gasteiger partial charge in [-0.1, -0.05) is 0 Å². The molecule has 1 heterocycles. The van der Waals surface area contributed by atoms with Gasteiger partial charge in [0.05, 0.1) is 11.7 Å². The van der Waals surface area contributed by atoms with E-state index in [0.29, 0.717) is 11.5 Å². The Kier molecular flexibility index (Phi) is 3.62. The molecular weight excluding hydrogens is 178 g/mol. The maximum atomic E-state index is 8.47. The van der Waals surface area contributed by atoms with Gasteiger partial charge in [-0.15, -0.1) is 4.99 Å². The van der Waals surface area contributed by atoms with Crippen molar-refractivity contribution in [2.24, 2.45) is 4.99 Å². The Morgan fingerprint density at radius 3 is 2.93 bits per heavy atom. The minimum atomic E-state index is -0.0118. The summed E-state index contributed by atoms with van der Waals surface area (Å²) in [7, 11) is 0. The first-order valence-corrected chi connectivity index (χ1v) is 4.28. The van der Waals surface area contributed by atoms with Crippen molar-refractivity contribution in [2.75, 3.05) is 0 Å². The van der Waals surface area contributed by atoms with E-state index in [2.05, 4.69) is 9.98 Å². The predicted molar refractivity (Wildman–Crippen MR) is 52.6 cm³/mol. The summed E-state index contributed by atoms with van der Waals surface area (Å²) in [5, 5.41) is 8.47. The number of nitrogens with zero attached hydrogens (tertiary/aromatic N) is 3. The highest BCUT2D eigenvalue weighted by Gasteiger charge is 2.06. The molecule has 0 aliphatic heterocycles. The van der Waals surface area contributed by atoms with Crippen molar-refractivity contribution in [1.82, 2.24) is 4.98 Å². The van der Waals surface area contributed by atoms with Gasteiger partial charge in [-0.3, -0.25) is 4.98 Å². The zero-order valence-electron chi connectivity index (χ0n) is 8.14. The van der Waals surface area contributed by atoms with Gasteiger partial charge in [0, 0.05) is 12.4 Å². The molecule has 0 fully saturated rings. The fourth-order valence-electron chi connectivity index (χ4n) is 0.917. The molecule has 0 saturated carbocycles. The van der Waals surface area contributed by atoms with Gasteiger partial charge in [-0.2, -0.15) is 5.26 Å². The second kappa shape index (κ2) is 4.97. The van der Waals surface area contributed by atoms with E-state index >= 15 is 0 Å². The second-order valence-electron chi connectivity index (χ2n) is 2.93. The number of pyridine rings is 1. The molecule has 0 saturated heterocycles. The lowest BCUT2D eigenvalue weighted by molar-refractivity contribution is 0.229. The molecule has 0 spiro atoms. The van der Waals surface area contributed by atoms with Crippen LogP contribution in [0.3, 0.4) is 0 Å². The van der Waals surface area contributed by atoms with Crippen LogP contribution < -0.4 is 0 Å². The Morgan fingerprint density at radius 1 is 1.64 bits per heavy atom. The zero-order valence-corrected chi connectivity index (χ0v) is 8.14. The number of rotatable bonds is 2. The first-order chi connectivity index (χ1) is 6.74. The summed E-state index contributed by atoms with van der Waals surface area (Å²) in [5.74, 6) is 0.315. The summed E-state index contributed by atoms with van der Waals surface area (Å²) in [4.78, 5) is 7.52. The maximum absolute atomic E-state index is 8.47. The Balaban J connectivity index is 2.91. The third-order valence-electron chi connectivity index (χ3n) is 1.41. The highest BCUT2D eigenvalue weighted by molar-refractivity contribution is 5.94. The van der Waals surface area contributed by atoms with E-state index in [4.69, 9.17) is 10.00 Å². The van der Waals surface area contributed by atoms with E-state index in [1.165, 1.54) is 0 Å². The molecule has 0 atom stereocenters. The number of nitriles is 1. The molecule has 72 valence electrons. The van der Waals surface area contributed by atoms with Crippen molar-refractivity contribution in [3.8, 4) is 6.19 Å². The van der Waals surface area contributed by atoms with Gasteiger partial charge >= 0.3 is 0 Å². The first kappa shape index (κ1) is 10.2. The third-order valence-corrected chi connectivity index (χ3v) is 1.41. The van der Waals surface area contributed by atoms with Crippen molar-refractivity contribution < 1.29 is 4.74 Å². The van der Waals surface area contributed by atoms with E-state index in [1.54, 1.807) is 30.7 Å². The van der Waals surface area contributed by atoms with Crippen LogP contribution in [0.1, 0.15) is 19.4 Å². The van der Waals surface area contributed by atoms with Crippen molar-refractivity contribution in [2.45, 2.75) is 20.0 Å². The van der Waals surface area contributed by atoms with E-state index in [9.17, 15) is 0 Å². The van der Waals surface area contributed by atoms with Crippen molar-refractivity contribution in [1.29, 1.82) is 5.26 Å². The van der Waals surface area contributed by atoms with Gasteiger partial charge in [0.15, 0.2) is 0 Å². The molecule has 0 aliphatic carbocycles. The molecule has 1 aromatic heterocycles. The summed E-state index contributed by atoms with van der Waals surface area (Å²) in [6, 6.07) is 3.57. The van der Waals surface area contributed by atoms with Crippen molar-refractivity contribution >= 4 is 5.90 Å². The van der Waals surface area contributed by atoms with Crippen LogP contribution in [0.25, 0.3) is 0 Å². The smallest absolute Gasteiger partial charge is 0.233 e. The Bertz CT molecular complexity index is 351. The number of hydrogen-bond donors (Lipinski definition) is 0. The average molecular weight is 189 g/mol. The van der Waals surface area contributed by atoms with Gasteiger partial charge in [0.2, 0.25) is 12.1 Å². The highest BCUT2D eigenvalue weighted by Crippen LogP contribution is 2.03. The lowest BCUT2D eigenvalue weighted by Crippen LogP contribution is -2.12. The standard InChI is InChI=1S/C10H11N3O/c1-8(2)14-10(13-7-11)9-4-3-5-12-6-9/h3-6,8H,1-2H3/b13-10-. The lowest BCUT2D eigenvalue weighted by atomic mass is 10.3. The lowest BCUT2D eigenvalue weighted by Gasteiger charge is -2.10. The van der Waals surface area contributed by atoms with Gasteiger partial charge in [-0.25, -0.2) is 0 Å². The van der Waals surface area contributed by atoms with Crippen LogP contribution in [0.4, 0.5) is 0 Å². The quantitative estimate of drug-likeness (QED) is 0.404. The van der Waals surface area contributed by atoms with Crippen LogP contribution in [0, 0.1) is 11.5 Å². The Morgan fingerprint density at radius 2 is 2.43 bits per heavy atom. The number of aliphatic imine (C=N–C) groups is 1. The number of hydrogen-bond acceptors (Lipinski definition) is 4. The molecule has 1 rings (SSSR count). The predicted octanol–water partition coefficient (Wildman–Crippen LogP) is 1.73. The maximum Gasteiger partial charge on any atom is 0.233 e. The monoisotopic (exact) mass is 189 g/mol. The second-order valence-corrected chi connectivity index (χ2v) is 2.93. The molecule has 0 aliphatic rings. The van der Waals surface area contributed by atoms with Gasteiger partial charge in [0.25, 0.3) is 0 Å². The molecule has 0 N–H and O–H groups in total. The van der Waals surface area contributed by atoms with Gasteiger partial charge in [0.1, 0.15) is 0 Å². The molecule has 0 aromatic carbocycles. The van der Waals surface area contributed by atoms with Gasteiger partial charge in [-0.05, 0) is 26.0 Å². The summed E-state index contributed by atoms with van der Waals surface area (Å²) in [6.45, 7) is 3.76. The zero-order chi connectivity index (χ0) is 10.4. The van der Waals surface area contributed by atoms with Crippen LogP contribution in [-0.4, -0.2) is 17.0 Å². The Hall–Kier alpha value is -1.89. The normalized spacial score (nSPS) is 11.1. The summed E-state index contributed by atoms with van der Waals surface area (Å²) < 4.78 is 5.36. The van der Waals surface area contributed by atoms with Crippen molar-refractivity contribution in [3.05, 3.63) is 30.1 Å². The summed E-state index contributed by atoms with van der Waals surface area (Å²) in [6.07, 6.45) is 4.96. The molecule has 0 bridgehead atoms. The van der Waals surface area contributed by atoms with Gasteiger partial charge < -0.3 is 4.74 Å². The molecule has 1 aromatic rings. The van der Waals surface area contributed by atoms with Crippen LogP contribution >= 0.6 is 0 Å². The summed E-state index contributed by atoms with van der Waals surface area (Å²) in [5.41, 5.74) is 0.711. The summed E-state index contributed by atoms with van der Waals surface area (Å²) >= 11 is 0. The minimum Gasteiger partial charge on any atom is -0.474 e. The number of aromatic nitrogens is 1. The van der Waals surface area contributed by atoms with Crippen LogP contribution in [0.15, 0.2) is 29.5 Å². The van der Waals surface area contributed by atoms with E-state index < -0.39 is 0 Å². The van der Waals surface area contributed by atoms with Crippen LogP contribution in [-0.2, 0) is 4.74 Å². The first-order valence-electron chi connectivity index (χ1n) is 4.28. The fraction of sp³-hybridized carbons (Fsp3) is 0.300. The average Bonchev–Trinajstić information content (AvgIpc) is 2.18. The van der Waals surface area contributed by atoms with E-state index in [-0.39, 0.29) is 6.10 Å². The van der Waals surface area contributed by atoms with Crippen molar-refractivity contribution in [3.63, 3.8) is 0 Å². The van der Waals surface area contributed by atoms with Crippen LogP contribution in [0.5, 0.6) is 0 Å². The minimum absolute atomic E-state index is 0.0118. The SMILES string of the molecule is CC(C)O/C(=N\C#N)c1cccnc1. The van der Waals surface area contributed by atoms with E-state index in [0.717, 1.165) is 0 Å².